The van der Waals surface area contributed by atoms with Crippen LogP contribution < -0.4 is 5.32 Å². The van der Waals surface area contributed by atoms with E-state index in [-0.39, 0.29) is 11.9 Å². The molecule has 6 heteroatoms. The van der Waals surface area contributed by atoms with Gasteiger partial charge in [0.25, 0.3) is 0 Å². The van der Waals surface area contributed by atoms with Crippen molar-refractivity contribution in [1.82, 2.24) is 19.7 Å². The monoisotopic (exact) mass is 348 g/mol. The third-order valence-corrected chi connectivity index (χ3v) is 3.75. The van der Waals surface area contributed by atoms with Crippen LogP contribution >= 0.6 is 15.9 Å². The minimum Gasteiger partial charge on any atom is -0.306 e. The molecular formula is C15H14BrFN4. The maximum Gasteiger partial charge on any atom is 0.141 e. The number of hydrogen-bond donors (Lipinski definition) is 1. The third kappa shape index (κ3) is 3.28. The highest BCUT2D eigenvalue weighted by Gasteiger charge is 2.08. The Hall–Kier alpha value is -1.79. The first kappa shape index (κ1) is 14.2. The molecule has 0 fully saturated rings. The molecule has 1 atom stereocenters. The molecule has 0 aromatic carbocycles. The summed E-state index contributed by atoms with van der Waals surface area (Å²) < 4.78 is 16.1. The molecule has 0 aliphatic heterocycles. The zero-order chi connectivity index (χ0) is 14.8. The normalized spacial score (nSPS) is 12.7. The van der Waals surface area contributed by atoms with E-state index in [1.54, 1.807) is 6.20 Å². The Morgan fingerprint density at radius 1 is 1.33 bits per heavy atom. The first-order valence-electron chi connectivity index (χ1n) is 6.59. The minimum absolute atomic E-state index is 0.00440. The number of nitrogens with one attached hydrogen (secondary N) is 1. The van der Waals surface area contributed by atoms with Gasteiger partial charge in [0.15, 0.2) is 0 Å². The molecule has 0 aliphatic rings. The second-order valence-electron chi connectivity index (χ2n) is 4.88. The van der Waals surface area contributed by atoms with Crippen molar-refractivity contribution in [2.45, 2.75) is 19.5 Å². The Labute approximate surface area is 130 Å². The zero-order valence-corrected chi connectivity index (χ0v) is 13.0. The summed E-state index contributed by atoms with van der Waals surface area (Å²) in [6.07, 6.45) is 6.81. The lowest BCUT2D eigenvalue weighted by Gasteiger charge is -2.12. The molecule has 3 heterocycles. The van der Waals surface area contributed by atoms with Gasteiger partial charge < -0.3 is 9.72 Å². The van der Waals surface area contributed by atoms with E-state index < -0.39 is 0 Å². The molecule has 0 amide bonds. The predicted octanol–water partition coefficient (Wildman–Crippen LogP) is 3.48. The molecule has 3 aromatic heterocycles. The van der Waals surface area contributed by atoms with Crippen molar-refractivity contribution < 1.29 is 4.39 Å². The predicted molar refractivity (Wildman–Crippen MR) is 82.3 cm³/mol. The Bertz CT molecular complexity index is 771. The Morgan fingerprint density at radius 3 is 3.00 bits per heavy atom. The SMILES string of the molecule is C[C@H](NCc1cn2cc(Br)ccc2n1)c1cncc(F)c1. The van der Waals surface area contributed by atoms with Crippen molar-refractivity contribution in [2.75, 3.05) is 0 Å². The summed E-state index contributed by atoms with van der Waals surface area (Å²) in [5, 5.41) is 3.32. The Balaban J connectivity index is 1.71. The van der Waals surface area contributed by atoms with E-state index >= 15 is 0 Å². The molecule has 0 unspecified atom stereocenters. The van der Waals surface area contributed by atoms with Crippen LogP contribution in [-0.2, 0) is 6.54 Å². The van der Waals surface area contributed by atoms with E-state index in [9.17, 15) is 4.39 Å². The zero-order valence-electron chi connectivity index (χ0n) is 11.4. The summed E-state index contributed by atoms with van der Waals surface area (Å²) in [5.74, 6) is -0.321. The highest BCUT2D eigenvalue weighted by Crippen LogP contribution is 2.15. The average molecular weight is 349 g/mol. The summed E-state index contributed by atoms with van der Waals surface area (Å²) in [4.78, 5) is 8.39. The van der Waals surface area contributed by atoms with Crippen LogP contribution in [0.2, 0.25) is 0 Å². The summed E-state index contributed by atoms with van der Waals surface area (Å²) in [6, 6.07) is 5.41. The second kappa shape index (κ2) is 5.91. The fraction of sp³-hybridized carbons (Fsp3) is 0.200. The maximum absolute atomic E-state index is 13.2. The molecule has 0 radical (unpaired) electrons. The van der Waals surface area contributed by atoms with Gasteiger partial charge in [-0.25, -0.2) is 9.37 Å². The molecular weight excluding hydrogens is 335 g/mol. The number of pyridine rings is 2. The van der Waals surface area contributed by atoms with E-state index in [0.717, 1.165) is 21.4 Å². The lowest BCUT2D eigenvalue weighted by atomic mass is 10.1. The van der Waals surface area contributed by atoms with Gasteiger partial charge in [0.05, 0.1) is 11.9 Å². The maximum atomic E-state index is 13.2. The fourth-order valence-electron chi connectivity index (χ4n) is 2.14. The first-order chi connectivity index (χ1) is 10.1. The van der Waals surface area contributed by atoms with Gasteiger partial charge in [0.1, 0.15) is 11.5 Å². The highest BCUT2D eigenvalue weighted by molar-refractivity contribution is 9.10. The van der Waals surface area contributed by atoms with Crippen LogP contribution in [0.3, 0.4) is 0 Å². The summed E-state index contributed by atoms with van der Waals surface area (Å²) >= 11 is 3.43. The van der Waals surface area contributed by atoms with E-state index in [1.807, 2.05) is 35.9 Å². The largest absolute Gasteiger partial charge is 0.306 e. The van der Waals surface area contributed by atoms with Crippen LogP contribution in [0.5, 0.6) is 0 Å². The van der Waals surface area contributed by atoms with Gasteiger partial charge in [-0.1, -0.05) is 0 Å². The molecule has 0 saturated carbocycles. The fourth-order valence-corrected chi connectivity index (χ4v) is 2.50. The van der Waals surface area contributed by atoms with Crippen LogP contribution in [0.15, 0.2) is 47.5 Å². The summed E-state index contributed by atoms with van der Waals surface area (Å²) in [7, 11) is 0. The van der Waals surface area contributed by atoms with Gasteiger partial charge in [-0.3, -0.25) is 4.98 Å². The molecule has 0 bridgehead atoms. The molecule has 1 N–H and O–H groups in total. The van der Waals surface area contributed by atoms with Crippen molar-refractivity contribution in [1.29, 1.82) is 0 Å². The van der Waals surface area contributed by atoms with Crippen LogP contribution in [0.25, 0.3) is 5.65 Å². The number of hydrogen-bond acceptors (Lipinski definition) is 3. The van der Waals surface area contributed by atoms with Gasteiger partial charge in [-0.05, 0) is 46.6 Å². The summed E-state index contributed by atoms with van der Waals surface area (Å²) in [6.45, 7) is 2.58. The van der Waals surface area contributed by atoms with Crippen LogP contribution in [0, 0.1) is 5.82 Å². The van der Waals surface area contributed by atoms with Gasteiger partial charge in [0, 0.05) is 35.6 Å². The van der Waals surface area contributed by atoms with E-state index in [0.29, 0.717) is 6.54 Å². The Morgan fingerprint density at radius 2 is 2.19 bits per heavy atom. The molecule has 4 nitrogen and oxygen atoms in total. The molecule has 0 saturated heterocycles. The number of aromatic nitrogens is 3. The highest BCUT2D eigenvalue weighted by atomic mass is 79.9. The quantitative estimate of drug-likeness (QED) is 0.784. The standard InChI is InChI=1S/C15H14BrFN4/c1-10(11-4-13(17)6-18-5-11)19-7-14-9-21-8-12(16)2-3-15(21)20-14/h2-6,8-10,19H,7H2,1H3/t10-/m0/s1. The van der Waals surface area contributed by atoms with Crippen molar-refractivity contribution in [3.8, 4) is 0 Å². The molecule has 3 aromatic rings. The average Bonchev–Trinajstić information content (AvgIpc) is 2.86. The number of nitrogens with zero attached hydrogens (tertiary/aromatic N) is 3. The van der Waals surface area contributed by atoms with Gasteiger partial charge >= 0.3 is 0 Å². The van der Waals surface area contributed by atoms with Crippen LogP contribution in [0.4, 0.5) is 4.39 Å². The third-order valence-electron chi connectivity index (χ3n) is 3.28. The van der Waals surface area contributed by atoms with Crippen LogP contribution in [-0.4, -0.2) is 14.4 Å². The number of halogens is 2. The van der Waals surface area contributed by atoms with E-state index in [4.69, 9.17) is 0 Å². The van der Waals surface area contributed by atoms with Crippen molar-refractivity contribution in [3.63, 3.8) is 0 Å². The lowest BCUT2D eigenvalue weighted by molar-refractivity contribution is 0.556. The molecule has 0 spiro atoms. The molecule has 0 aliphatic carbocycles. The lowest BCUT2D eigenvalue weighted by Crippen LogP contribution is -2.18. The van der Waals surface area contributed by atoms with Crippen molar-refractivity contribution >= 4 is 21.6 Å². The topological polar surface area (TPSA) is 42.2 Å². The van der Waals surface area contributed by atoms with E-state index in [1.165, 1.54) is 12.3 Å². The number of fused-ring (bicyclic) bond motifs is 1. The van der Waals surface area contributed by atoms with Gasteiger partial charge in [-0.15, -0.1) is 0 Å². The van der Waals surface area contributed by atoms with Crippen molar-refractivity contribution in [2.24, 2.45) is 0 Å². The Kier molecular flexibility index (Phi) is 3.98. The smallest absolute Gasteiger partial charge is 0.141 e. The van der Waals surface area contributed by atoms with Crippen molar-refractivity contribution in [3.05, 3.63) is 64.5 Å². The molecule has 108 valence electrons. The minimum atomic E-state index is -0.321. The first-order valence-corrected chi connectivity index (χ1v) is 7.38. The summed E-state index contributed by atoms with van der Waals surface area (Å²) in [5.41, 5.74) is 2.65. The second-order valence-corrected chi connectivity index (χ2v) is 5.80. The van der Waals surface area contributed by atoms with Gasteiger partial charge in [0.2, 0.25) is 0 Å². The number of rotatable bonds is 4. The molecule has 21 heavy (non-hydrogen) atoms. The van der Waals surface area contributed by atoms with Crippen LogP contribution in [0.1, 0.15) is 24.2 Å². The van der Waals surface area contributed by atoms with E-state index in [2.05, 4.69) is 31.2 Å². The van der Waals surface area contributed by atoms with Gasteiger partial charge in [-0.2, -0.15) is 0 Å². The molecule has 3 rings (SSSR count). The number of imidazole rings is 1.